The van der Waals surface area contributed by atoms with Gasteiger partial charge in [-0.15, -0.1) is 0 Å². The number of aryl methyl sites for hydroxylation is 1. The summed E-state index contributed by atoms with van der Waals surface area (Å²) in [5.74, 6) is -0.209. The maximum Gasteiger partial charge on any atom is 0.344 e. The third-order valence-electron chi connectivity index (χ3n) is 5.07. The van der Waals surface area contributed by atoms with Crippen LogP contribution in [0.1, 0.15) is 41.8 Å². The Hall–Kier alpha value is -2.88. The molecule has 1 amide bonds. The quantitative estimate of drug-likeness (QED) is 0.762. The van der Waals surface area contributed by atoms with E-state index in [0.29, 0.717) is 10.9 Å². The van der Waals surface area contributed by atoms with E-state index >= 15 is 0 Å². The van der Waals surface area contributed by atoms with Gasteiger partial charge in [-0.05, 0) is 31.4 Å². The van der Waals surface area contributed by atoms with Crippen LogP contribution in [0.15, 0.2) is 57.7 Å². The van der Waals surface area contributed by atoms with Gasteiger partial charge in [0.25, 0.3) is 5.91 Å². The second-order valence-electron chi connectivity index (χ2n) is 6.96. The highest BCUT2D eigenvalue weighted by Gasteiger charge is 2.24. The summed E-state index contributed by atoms with van der Waals surface area (Å²) in [6, 6.07) is 15.3. The maximum atomic E-state index is 12.9. The van der Waals surface area contributed by atoms with E-state index in [-0.39, 0.29) is 17.7 Å². The average molecular weight is 347 g/mol. The Morgan fingerprint density at radius 2 is 1.65 bits per heavy atom. The Labute approximate surface area is 151 Å². The van der Waals surface area contributed by atoms with Gasteiger partial charge in [0.15, 0.2) is 0 Å². The zero-order valence-electron chi connectivity index (χ0n) is 14.7. The van der Waals surface area contributed by atoms with E-state index in [1.165, 1.54) is 0 Å². The Morgan fingerprint density at radius 3 is 2.35 bits per heavy atom. The van der Waals surface area contributed by atoms with Gasteiger partial charge < -0.3 is 9.73 Å². The lowest BCUT2D eigenvalue weighted by molar-refractivity contribution is 0.0907. The second kappa shape index (κ2) is 6.79. The molecule has 0 aliphatic heterocycles. The standard InChI is InChI=1S/C22H21NO3/c1-14-10-12-15(13-11-14)19-17-8-4-5-9-18(17)22(25)26-20(19)21(24)23-16-6-2-3-7-16/h4-5,8-13,16H,2-3,6-7H2,1H3,(H,23,24). The van der Waals surface area contributed by atoms with Crippen LogP contribution in [0.25, 0.3) is 21.9 Å². The van der Waals surface area contributed by atoms with Gasteiger partial charge >= 0.3 is 5.63 Å². The van der Waals surface area contributed by atoms with Gasteiger partial charge in [-0.25, -0.2) is 4.79 Å². The van der Waals surface area contributed by atoms with Gasteiger partial charge in [-0.1, -0.05) is 60.9 Å². The van der Waals surface area contributed by atoms with E-state index in [1.54, 1.807) is 12.1 Å². The van der Waals surface area contributed by atoms with E-state index in [9.17, 15) is 9.59 Å². The van der Waals surface area contributed by atoms with Crippen molar-refractivity contribution in [2.24, 2.45) is 0 Å². The number of rotatable bonds is 3. The third-order valence-corrected chi connectivity index (χ3v) is 5.07. The van der Waals surface area contributed by atoms with E-state index in [4.69, 9.17) is 4.42 Å². The number of carbonyl (C=O) groups excluding carboxylic acids is 1. The number of fused-ring (bicyclic) bond motifs is 1. The fourth-order valence-corrected chi connectivity index (χ4v) is 3.69. The molecule has 0 radical (unpaired) electrons. The van der Waals surface area contributed by atoms with Crippen molar-refractivity contribution in [3.05, 3.63) is 70.3 Å². The van der Waals surface area contributed by atoms with E-state index in [2.05, 4.69) is 5.32 Å². The summed E-state index contributed by atoms with van der Waals surface area (Å²) in [4.78, 5) is 25.3. The molecule has 4 heteroatoms. The lowest BCUT2D eigenvalue weighted by atomic mass is 9.97. The van der Waals surface area contributed by atoms with Gasteiger partial charge in [-0.3, -0.25) is 4.79 Å². The van der Waals surface area contributed by atoms with E-state index in [1.807, 2.05) is 43.3 Å². The molecule has 1 aromatic heterocycles. The first-order valence-electron chi connectivity index (χ1n) is 9.07. The van der Waals surface area contributed by atoms with Crippen LogP contribution in [0.3, 0.4) is 0 Å². The second-order valence-corrected chi connectivity index (χ2v) is 6.96. The van der Waals surface area contributed by atoms with Crippen molar-refractivity contribution in [1.82, 2.24) is 5.32 Å². The molecule has 132 valence electrons. The first kappa shape index (κ1) is 16.6. The predicted molar refractivity (Wildman–Crippen MR) is 102 cm³/mol. The molecular weight excluding hydrogens is 326 g/mol. The van der Waals surface area contributed by atoms with Crippen molar-refractivity contribution in [3.63, 3.8) is 0 Å². The predicted octanol–water partition coefficient (Wildman–Crippen LogP) is 4.44. The largest absolute Gasteiger partial charge is 0.416 e. The van der Waals surface area contributed by atoms with Crippen LogP contribution in [0.5, 0.6) is 0 Å². The molecule has 0 unspecified atom stereocenters. The molecule has 4 rings (SSSR count). The first-order chi connectivity index (χ1) is 12.6. The number of hydrogen-bond acceptors (Lipinski definition) is 3. The van der Waals surface area contributed by atoms with Gasteiger partial charge in [0.2, 0.25) is 5.76 Å². The average Bonchev–Trinajstić information content (AvgIpc) is 3.16. The molecule has 3 aromatic rings. The van der Waals surface area contributed by atoms with Crippen molar-refractivity contribution < 1.29 is 9.21 Å². The minimum Gasteiger partial charge on any atom is -0.416 e. The van der Waals surface area contributed by atoms with Gasteiger partial charge in [0.05, 0.1) is 5.39 Å². The summed E-state index contributed by atoms with van der Waals surface area (Å²) in [7, 11) is 0. The van der Waals surface area contributed by atoms with Crippen LogP contribution in [0, 0.1) is 6.92 Å². The molecular formula is C22H21NO3. The Bertz CT molecular complexity index is 1010. The molecule has 26 heavy (non-hydrogen) atoms. The summed E-state index contributed by atoms with van der Waals surface area (Å²) in [5, 5.41) is 4.26. The molecule has 1 N–H and O–H groups in total. The molecule has 4 nitrogen and oxygen atoms in total. The highest BCUT2D eigenvalue weighted by molar-refractivity contribution is 6.07. The van der Waals surface area contributed by atoms with Crippen LogP contribution in [-0.4, -0.2) is 11.9 Å². The Morgan fingerprint density at radius 1 is 1.00 bits per heavy atom. The molecule has 1 fully saturated rings. The van der Waals surface area contributed by atoms with E-state index in [0.717, 1.165) is 42.2 Å². The number of hydrogen-bond donors (Lipinski definition) is 1. The lowest BCUT2D eigenvalue weighted by Gasteiger charge is -2.15. The van der Waals surface area contributed by atoms with Crippen molar-refractivity contribution in [2.45, 2.75) is 38.6 Å². The number of nitrogens with one attached hydrogen (secondary N) is 1. The maximum absolute atomic E-state index is 12.9. The molecule has 0 bridgehead atoms. The SMILES string of the molecule is Cc1ccc(-c2c(C(=O)NC3CCCC3)oc(=O)c3ccccc23)cc1. The molecule has 0 spiro atoms. The monoisotopic (exact) mass is 347 g/mol. The summed E-state index contributed by atoms with van der Waals surface area (Å²) in [6.45, 7) is 2.01. The van der Waals surface area contributed by atoms with Gasteiger partial charge in [-0.2, -0.15) is 0 Å². The van der Waals surface area contributed by atoms with Crippen molar-refractivity contribution in [3.8, 4) is 11.1 Å². The molecule has 0 saturated heterocycles. The summed E-state index contributed by atoms with van der Waals surface area (Å²) in [6.07, 6.45) is 4.20. The number of amides is 1. The molecule has 1 saturated carbocycles. The fraction of sp³-hybridized carbons (Fsp3) is 0.273. The van der Waals surface area contributed by atoms with Crippen LogP contribution in [-0.2, 0) is 0 Å². The molecule has 1 aliphatic rings. The molecule has 0 atom stereocenters. The minimum atomic E-state index is -0.479. The van der Waals surface area contributed by atoms with Crippen LogP contribution in [0.2, 0.25) is 0 Å². The highest BCUT2D eigenvalue weighted by atomic mass is 16.4. The molecule has 2 aromatic carbocycles. The van der Waals surface area contributed by atoms with Gasteiger partial charge in [0, 0.05) is 17.0 Å². The van der Waals surface area contributed by atoms with Gasteiger partial charge in [0.1, 0.15) is 0 Å². The van der Waals surface area contributed by atoms with E-state index < -0.39 is 5.63 Å². The third kappa shape index (κ3) is 3.03. The highest BCUT2D eigenvalue weighted by Crippen LogP contribution is 2.31. The number of carbonyl (C=O) groups is 1. The summed E-state index contributed by atoms with van der Waals surface area (Å²) >= 11 is 0. The topological polar surface area (TPSA) is 59.3 Å². The van der Waals surface area contributed by atoms with Crippen LogP contribution in [0.4, 0.5) is 0 Å². The smallest absolute Gasteiger partial charge is 0.344 e. The fourth-order valence-electron chi connectivity index (χ4n) is 3.69. The minimum absolute atomic E-state index is 0.101. The lowest BCUT2D eigenvalue weighted by Crippen LogP contribution is -2.33. The zero-order valence-corrected chi connectivity index (χ0v) is 14.7. The Kier molecular flexibility index (Phi) is 4.33. The molecule has 1 heterocycles. The number of benzene rings is 2. The van der Waals surface area contributed by atoms with Crippen LogP contribution < -0.4 is 10.9 Å². The van der Waals surface area contributed by atoms with Crippen molar-refractivity contribution in [1.29, 1.82) is 0 Å². The summed E-state index contributed by atoms with van der Waals surface area (Å²) < 4.78 is 5.51. The van der Waals surface area contributed by atoms with Crippen molar-refractivity contribution >= 4 is 16.7 Å². The summed E-state index contributed by atoms with van der Waals surface area (Å²) in [5.41, 5.74) is 2.20. The first-order valence-corrected chi connectivity index (χ1v) is 9.07. The van der Waals surface area contributed by atoms with Crippen LogP contribution >= 0.6 is 0 Å². The Balaban J connectivity index is 1.90. The van der Waals surface area contributed by atoms with Crippen molar-refractivity contribution in [2.75, 3.05) is 0 Å². The zero-order chi connectivity index (χ0) is 18.1. The molecule has 1 aliphatic carbocycles. The normalized spacial score (nSPS) is 14.7.